The SMILES string of the molecule is CCC(Oc1ccc2c(c1)COC2=O)[C@@H]1CCCN1C(=O)O. The van der Waals surface area contributed by atoms with E-state index in [2.05, 4.69) is 0 Å². The van der Waals surface area contributed by atoms with Crippen molar-refractivity contribution >= 4 is 12.1 Å². The third kappa shape index (κ3) is 2.61. The molecule has 6 nitrogen and oxygen atoms in total. The van der Waals surface area contributed by atoms with Gasteiger partial charge in [0.15, 0.2) is 0 Å². The van der Waals surface area contributed by atoms with Gasteiger partial charge in [-0.25, -0.2) is 9.59 Å². The van der Waals surface area contributed by atoms with Crippen LogP contribution >= 0.6 is 0 Å². The van der Waals surface area contributed by atoms with Crippen LogP contribution in [0.5, 0.6) is 5.75 Å². The average molecular weight is 305 g/mol. The number of hydrogen-bond donors (Lipinski definition) is 1. The summed E-state index contributed by atoms with van der Waals surface area (Å²) in [5, 5.41) is 9.27. The Balaban J connectivity index is 1.76. The lowest BCUT2D eigenvalue weighted by Crippen LogP contribution is -2.44. The van der Waals surface area contributed by atoms with Crippen LogP contribution in [0.2, 0.25) is 0 Å². The summed E-state index contributed by atoms with van der Waals surface area (Å²) < 4.78 is 11.0. The van der Waals surface area contributed by atoms with Crippen molar-refractivity contribution in [1.29, 1.82) is 0 Å². The van der Waals surface area contributed by atoms with Gasteiger partial charge in [0.25, 0.3) is 0 Å². The zero-order valence-corrected chi connectivity index (χ0v) is 12.4. The van der Waals surface area contributed by atoms with Crippen LogP contribution in [0.25, 0.3) is 0 Å². The number of fused-ring (bicyclic) bond motifs is 1. The molecule has 2 heterocycles. The van der Waals surface area contributed by atoms with Crippen molar-refractivity contribution in [2.24, 2.45) is 0 Å². The van der Waals surface area contributed by atoms with E-state index in [4.69, 9.17) is 9.47 Å². The molecule has 0 aliphatic carbocycles. The second-order valence-corrected chi connectivity index (χ2v) is 5.65. The van der Waals surface area contributed by atoms with E-state index in [1.807, 2.05) is 13.0 Å². The van der Waals surface area contributed by atoms with Crippen molar-refractivity contribution in [3.8, 4) is 5.75 Å². The summed E-state index contributed by atoms with van der Waals surface area (Å²) in [7, 11) is 0. The second-order valence-electron chi connectivity index (χ2n) is 5.65. The minimum atomic E-state index is -0.891. The minimum Gasteiger partial charge on any atom is -0.488 e. The molecule has 1 N–H and O–H groups in total. The molecular formula is C16H19NO5. The Bertz CT molecular complexity index is 600. The van der Waals surface area contributed by atoms with Crippen molar-refractivity contribution in [2.75, 3.05) is 6.54 Å². The molecule has 0 radical (unpaired) electrons. The number of carbonyl (C=O) groups is 2. The first kappa shape index (κ1) is 14.7. The number of carbonyl (C=O) groups excluding carboxylic acids is 1. The van der Waals surface area contributed by atoms with Crippen LogP contribution in [0.1, 0.15) is 42.1 Å². The van der Waals surface area contributed by atoms with Crippen molar-refractivity contribution in [3.63, 3.8) is 0 Å². The Hall–Kier alpha value is -2.24. The molecule has 3 rings (SSSR count). The number of cyclic esters (lactones) is 1. The van der Waals surface area contributed by atoms with Gasteiger partial charge >= 0.3 is 12.1 Å². The molecule has 1 unspecified atom stereocenters. The molecule has 118 valence electrons. The third-order valence-electron chi connectivity index (χ3n) is 4.32. The summed E-state index contributed by atoms with van der Waals surface area (Å²) in [6.07, 6.45) is 1.33. The Labute approximate surface area is 128 Å². The smallest absolute Gasteiger partial charge is 0.407 e. The van der Waals surface area contributed by atoms with Crippen LogP contribution in [0, 0.1) is 0 Å². The van der Waals surface area contributed by atoms with E-state index in [1.165, 1.54) is 4.90 Å². The van der Waals surface area contributed by atoms with E-state index < -0.39 is 6.09 Å². The van der Waals surface area contributed by atoms with Gasteiger partial charge in [-0.05, 0) is 37.5 Å². The van der Waals surface area contributed by atoms with E-state index in [-0.39, 0.29) is 24.7 Å². The molecule has 1 saturated heterocycles. The number of rotatable bonds is 4. The molecule has 22 heavy (non-hydrogen) atoms. The average Bonchev–Trinajstić information content (AvgIpc) is 3.12. The Morgan fingerprint density at radius 2 is 2.36 bits per heavy atom. The predicted octanol–water partition coefficient (Wildman–Crippen LogP) is 2.66. The monoisotopic (exact) mass is 305 g/mol. The number of hydrogen-bond acceptors (Lipinski definition) is 4. The van der Waals surface area contributed by atoms with Crippen molar-refractivity contribution in [3.05, 3.63) is 29.3 Å². The summed E-state index contributed by atoms with van der Waals surface area (Å²) in [6, 6.07) is 5.14. The number of benzene rings is 1. The van der Waals surface area contributed by atoms with E-state index in [1.54, 1.807) is 12.1 Å². The summed E-state index contributed by atoms with van der Waals surface area (Å²) >= 11 is 0. The summed E-state index contributed by atoms with van der Waals surface area (Å²) in [4.78, 5) is 24.2. The molecule has 1 aromatic rings. The number of carboxylic acid groups (broad SMARTS) is 1. The van der Waals surface area contributed by atoms with Gasteiger partial charge < -0.3 is 19.5 Å². The number of esters is 1. The van der Waals surface area contributed by atoms with Crippen LogP contribution in [-0.2, 0) is 11.3 Å². The number of amides is 1. The van der Waals surface area contributed by atoms with Gasteiger partial charge in [-0.15, -0.1) is 0 Å². The minimum absolute atomic E-state index is 0.117. The highest BCUT2D eigenvalue weighted by Gasteiger charge is 2.35. The van der Waals surface area contributed by atoms with E-state index in [0.29, 0.717) is 17.9 Å². The first-order valence-corrected chi connectivity index (χ1v) is 7.56. The number of nitrogens with zero attached hydrogens (tertiary/aromatic N) is 1. The van der Waals surface area contributed by atoms with Crippen LogP contribution in [-0.4, -0.2) is 40.8 Å². The standard InChI is InChI=1S/C16H19NO5/c1-2-14(13-4-3-7-17(13)16(19)20)22-11-5-6-12-10(8-11)9-21-15(12)18/h5-6,8,13-14H,2-4,7,9H2,1H3,(H,19,20)/t13-,14?/m0/s1. The predicted molar refractivity (Wildman–Crippen MR) is 78.0 cm³/mol. The van der Waals surface area contributed by atoms with Crippen LogP contribution in [0.4, 0.5) is 4.79 Å². The summed E-state index contributed by atoms with van der Waals surface area (Å²) in [5.41, 5.74) is 1.40. The van der Waals surface area contributed by atoms with Gasteiger partial charge in [-0.3, -0.25) is 0 Å². The number of likely N-dealkylation sites (tertiary alicyclic amines) is 1. The van der Waals surface area contributed by atoms with Gasteiger partial charge in [0, 0.05) is 12.1 Å². The topological polar surface area (TPSA) is 76.1 Å². The molecule has 2 atom stereocenters. The van der Waals surface area contributed by atoms with E-state index in [0.717, 1.165) is 24.8 Å². The Morgan fingerprint density at radius 3 is 3.09 bits per heavy atom. The molecular weight excluding hydrogens is 286 g/mol. The van der Waals surface area contributed by atoms with Gasteiger partial charge in [-0.1, -0.05) is 6.92 Å². The maximum absolute atomic E-state index is 11.4. The lowest BCUT2D eigenvalue weighted by atomic mass is 10.1. The Morgan fingerprint density at radius 1 is 1.55 bits per heavy atom. The molecule has 2 aliphatic heterocycles. The largest absolute Gasteiger partial charge is 0.488 e. The zero-order chi connectivity index (χ0) is 15.7. The van der Waals surface area contributed by atoms with Gasteiger partial charge in [0.05, 0.1) is 11.6 Å². The van der Waals surface area contributed by atoms with Crippen LogP contribution < -0.4 is 4.74 Å². The first-order chi connectivity index (χ1) is 10.6. The molecule has 6 heteroatoms. The fourth-order valence-corrected chi connectivity index (χ4v) is 3.21. The molecule has 1 amide bonds. The van der Waals surface area contributed by atoms with Gasteiger partial charge in [0.2, 0.25) is 0 Å². The Kier molecular flexibility index (Phi) is 3.92. The van der Waals surface area contributed by atoms with Crippen molar-refractivity contribution in [1.82, 2.24) is 4.90 Å². The molecule has 0 aromatic heterocycles. The molecule has 2 aliphatic rings. The zero-order valence-electron chi connectivity index (χ0n) is 12.4. The fraction of sp³-hybridized carbons (Fsp3) is 0.500. The highest BCUT2D eigenvalue weighted by Crippen LogP contribution is 2.29. The van der Waals surface area contributed by atoms with Crippen molar-refractivity contribution < 1.29 is 24.2 Å². The molecule has 0 bridgehead atoms. The summed E-state index contributed by atoms with van der Waals surface area (Å²) in [5.74, 6) is 0.350. The normalized spacial score (nSPS) is 21.4. The van der Waals surface area contributed by atoms with Crippen LogP contribution in [0.15, 0.2) is 18.2 Å². The lowest BCUT2D eigenvalue weighted by Gasteiger charge is -2.29. The lowest BCUT2D eigenvalue weighted by molar-refractivity contribution is 0.0535. The molecule has 0 saturated carbocycles. The van der Waals surface area contributed by atoms with Gasteiger partial charge in [-0.2, -0.15) is 0 Å². The van der Waals surface area contributed by atoms with Crippen LogP contribution in [0.3, 0.4) is 0 Å². The highest BCUT2D eigenvalue weighted by molar-refractivity contribution is 5.93. The summed E-state index contributed by atoms with van der Waals surface area (Å²) in [6.45, 7) is 2.82. The molecule has 1 fully saturated rings. The van der Waals surface area contributed by atoms with Crippen molar-refractivity contribution in [2.45, 2.75) is 44.9 Å². The number of ether oxygens (including phenoxy) is 2. The quantitative estimate of drug-likeness (QED) is 0.865. The van der Waals surface area contributed by atoms with E-state index >= 15 is 0 Å². The maximum atomic E-state index is 11.4. The van der Waals surface area contributed by atoms with Gasteiger partial charge in [0.1, 0.15) is 18.5 Å². The van der Waals surface area contributed by atoms with E-state index in [9.17, 15) is 14.7 Å². The maximum Gasteiger partial charge on any atom is 0.407 e. The molecule has 1 aromatic carbocycles. The molecule has 0 spiro atoms. The second kappa shape index (κ2) is 5.87. The first-order valence-electron chi connectivity index (χ1n) is 7.56. The highest BCUT2D eigenvalue weighted by atomic mass is 16.5. The fourth-order valence-electron chi connectivity index (χ4n) is 3.21. The third-order valence-corrected chi connectivity index (χ3v) is 4.32.